The highest BCUT2D eigenvalue weighted by molar-refractivity contribution is 7.99. The second-order valence-electron chi connectivity index (χ2n) is 6.84. The van der Waals surface area contributed by atoms with Crippen LogP contribution in [0.2, 0.25) is 0 Å². The summed E-state index contributed by atoms with van der Waals surface area (Å²) in [5.41, 5.74) is 3.09. The fourth-order valence-electron chi connectivity index (χ4n) is 3.26. The molecule has 0 fully saturated rings. The van der Waals surface area contributed by atoms with E-state index in [1.807, 2.05) is 103 Å². The topological polar surface area (TPSA) is 59.8 Å². The van der Waals surface area contributed by atoms with Crippen LogP contribution in [-0.2, 0) is 11.8 Å². The first-order valence-electron chi connectivity index (χ1n) is 9.69. The molecule has 1 amide bonds. The van der Waals surface area contributed by atoms with Crippen molar-refractivity contribution in [3.63, 3.8) is 0 Å². The van der Waals surface area contributed by atoms with Crippen LogP contribution in [0.25, 0.3) is 11.4 Å². The largest absolute Gasteiger partial charge is 0.344 e. The van der Waals surface area contributed by atoms with Crippen LogP contribution in [0.15, 0.2) is 96.2 Å². The minimum Gasteiger partial charge on any atom is -0.344 e. The van der Waals surface area contributed by atoms with Crippen molar-refractivity contribution in [2.45, 2.75) is 11.2 Å². The molecule has 0 aliphatic heterocycles. The number of benzene rings is 3. The van der Waals surface area contributed by atoms with Crippen LogP contribution < -0.4 is 5.32 Å². The fourth-order valence-corrected chi connectivity index (χ4v) is 3.98. The van der Waals surface area contributed by atoms with Crippen LogP contribution in [0.4, 0.5) is 0 Å². The van der Waals surface area contributed by atoms with Gasteiger partial charge in [0.25, 0.3) is 0 Å². The first kappa shape index (κ1) is 19.9. The Labute approximate surface area is 180 Å². The molecule has 0 saturated carbocycles. The number of hydrogen-bond donors (Lipinski definition) is 1. The van der Waals surface area contributed by atoms with E-state index >= 15 is 0 Å². The Kier molecular flexibility index (Phi) is 6.25. The smallest absolute Gasteiger partial charge is 0.231 e. The van der Waals surface area contributed by atoms with Crippen LogP contribution in [0.5, 0.6) is 0 Å². The van der Waals surface area contributed by atoms with E-state index in [4.69, 9.17) is 0 Å². The van der Waals surface area contributed by atoms with Crippen LogP contribution in [0.3, 0.4) is 0 Å². The molecule has 0 saturated heterocycles. The minimum atomic E-state index is -0.195. The predicted octanol–water partition coefficient (Wildman–Crippen LogP) is 4.48. The molecule has 0 aliphatic rings. The zero-order chi connectivity index (χ0) is 20.8. The van der Waals surface area contributed by atoms with E-state index in [-0.39, 0.29) is 17.7 Å². The van der Waals surface area contributed by atoms with Crippen molar-refractivity contribution in [1.29, 1.82) is 0 Å². The Balaban J connectivity index is 1.45. The molecule has 0 atom stereocenters. The summed E-state index contributed by atoms with van der Waals surface area (Å²) in [6.45, 7) is 0. The highest BCUT2D eigenvalue weighted by atomic mass is 32.2. The van der Waals surface area contributed by atoms with Gasteiger partial charge in [-0.2, -0.15) is 0 Å². The van der Waals surface area contributed by atoms with Gasteiger partial charge in [-0.3, -0.25) is 4.79 Å². The van der Waals surface area contributed by atoms with Gasteiger partial charge >= 0.3 is 0 Å². The summed E-state index contributed by atoms with van der Waals surface area (Å²) in [4.78, 5) is 12.8. The molecule has 0 unspecified atom stereocenters. The molecule has 4 aromatic rings. The number of nitrogens with one attached hydrogen (secondary N) is 1. The molecule has 150 valence electrons. The Bertz CT molecular complexity index is 1060. The number of carbonyl (C=O) groups is 1. The molecule has 1 heterocycles. The molecule has 3 aromatic carbocycles. The van der Waals surface area contributed by atoms with Crippen LogP contribution >= 0.6 is 11.8 Å². The Hall–Kier alpha value is -3.38. The second kappa shape index (κ2) is 9.41. The molecule has 0 spiro atoms. The van der Waals surface area contributed by atoms with Gasteiger partial charge < -0.3 is 9.88 Å². The van der Waals surface area contributed by atoms with Gasteiger partial charge in [0.2, 0.25) is 5.91 Å². The Morgan fingerprint density at radius 3 is 1.97 bits per heavy atom. The lowest BCUT2D eigenvalue weighted by Gasteiger charge is -2.19. The Morgan fingerprint density at radius 2 is 1.40 bits per heavy atom. The van der Waals surface area contributed by atoms with Gasteiger partial charge in [-0.25, -0.2) is 0 Å². The van der Waals surface area contributed by atoms with Gasteiger partial charge in [0.1, 0.15) is 0 Å². The third-order valence-electron chi connectivity index (χ3n) is 4.77. The van der Waals surface area contributed by atoms with E-state index in [0.717, 1.165) is 22.5 Å². The number of nitrogens with zero attached hydrogens (tertiary/aromatic N) is 3. The number of hydrogen-bond acceptors (Lipinski definition) is 4. The predicted molar refractivity (Wildman–Crippen MR) is 120 cm³/mol. The average Bonchev–Trinajstić information content (AvgIpc) is 3.18. The molecule has 4 rings (SSSR count). The average molecular weight is 415 g/mol. The first-order chi connectivity index (χ1) is 14.7. The summed E-state index contributed by atoms with van der Waals surface area (Å²) in [7, 11) is 1.92. The van der Waals surface area contributed by atoms with E-state index in [2.05, 4.69) is 15.5 Å². The van der Waals surface area contributed by atoms with Gasteiger partial charge in [-0.05, 0) is 11.1 Å². The maximum Gasteiger partial charge on any atom is 0.231 e. The Morgan fingerprint density at radius 1 is 0.867 bits per heavy atom. The standard InChI is InChI=1S/C24H22N4OS/c1-28-23(20-15-9-4-10-16-20)26-27-24(28)30-17-21(29)25-22(18-11-5-2-6-12-18)19-13-7-3-8-14-19/h2-16,22H,17H2,1H3,(H,25,29). The lowest BCUT2D eigenvalue weighted by Crippen LogP contribution is -2.30. The summed E-state index contributed by atoms with van der Waals surface area (Å²) in [6.07, 6.45) is 0. The summed E-state index contributed by atoms with van der Waals surface area (Å²) in [5.74, 6) is 0.989. The maximum absolute atomic E-state index is 12.8. The van der Waals surface area contributed by atoms with Crippen molar-refractivity contribution >= 4 is 17.7 Å². The molecule has 0 bridgehead atoms. The summed E-state index contributed by atoms with van der Waals surface area (Å²) in [6, 6.07) is 29.7. The normalized spacial score (nSPS) is 10.9. The summed E-state index contributed by atoms with van der Waals surface area (Å²) >= 11 is 1.38. The molecule has 1 N–H and O–H groups in total. The third-order valence-corrected chi connectivity index (χ3v) is 5.79. The van der Waals surface area contributed by atoms with E-state index in [9.17, 15) is 4.79 Å². The number of thioether (sulfide) groups is 1. The van der Waals surface area contributed by atoms with Gasteiger partial charge in [-0.1, -0.05) is 103 Å². The van der Waals surface area contributed by atoms with Gasteiger partial charge in [0.05, 0.1) is 11.8 Å². The molecule has 0 aliphatic carbocycles. The van der Waals surface area contributed by atoms with E-state index in [1.54, 1.807) is 0 Å². The van der Waals surface area contributed by atoms with Crippen molar-refractivity contribution in [3.8, 4) is 11.4 Å². The van der Waals surface area contributed by atoms with Gasteiger partial charge in [0, 0.05) is 12.6 Å². The molecule has 30 heavy (non-hydrogen) atoms. The number of rotatable bonds is 7. The zero-order valence-electron chi connectivity index (χ0n) is 16.6. The molecule has 0 radical (unpaired) electrons. The molecular formula is C24H22N4OS. The molecule has 6 heteroatoms. The van der Waals surface area contributed by atoms with Crippen molar-refractivity contribution in [2.24, 2.45) is 7.05 Å². The highest BCUT2D eigenvalue weighted by Gasteiger charge is 2.18. The minimum absolute atomic E-state index is 0.0537. The van der Waals surface area contributed by atoms with Crippen LogP contribution in [-0.4, -0.2) is 26.4 Å². The van der Waals surface area contributed by atoms with Crippen molar-refractivity contribution in [1.82, 2.24) is 20.1 Å². The second-order valence-corrected chi connectivity index (χ2v) is 7.78. The lowest BCUT2D eigenvalue weighted by molar-refractivity contribution is -0.119. The molecule has 5 nitrogen and oxygen atoms in total. The van der Waals surface area contributed by atoms with Crippen molar-refractivity contribution < 1.29 is 4.79 Å². The summed E-state index contributed by atoms with van der Waals surface area (Å²) < 4.78 is 1.92. The zero-order valence-corrected chi connectivity index (χ0v) is 17.4. The quantitative estimate of drug-likeness (QED) is 0.453. The monoisotopic (exact) mass is 414 g/mol. The number of aromatic nitrogens is 3. The number of amides is 1. The van der Waals surface area contributed by atoms with Gasteiger partial charge in [0.15, 0.2) is 11.0 Å². The van der Waals surface area contributed by atoms with E-state index in [0.29, 0.717) is 5.16 Å². The SMILES string of the molecule is Cn1c(SCC(=O)NC(c2ccccc2)c2ccccc2)nnc1-c1ccccc1. The molecule has 1 aromatic heterocycles. The third kappa shape index (κ3) is 4.60. The fraction of sp³-hybridized carbons (Fsp3) is 0.125. The lowest BCUT2D eigenvalue weighted by atomic mass is 9.99. The first-order valence-corrected chi connectivity index (χ1v) is 10.7. The molecular weight excluding hydrogens is 392 g/mol. The number of carbonyl (C=O) groups excluding carboxylic acids is 1. The van der Waals surface area contributed by atoms with Crippen molar-refractivity contribution in [2.75, 3.05) is 5.75 Å². The summed E-state index contributed by atoms with van der Waals surface area (Å²) in [5, 5.41) is 12.4. The highest BCUT2D eigenvalue weighted by Crippen LogP contribution is 2.24. The van der Waals surface area contributed by atoms with Gasteiger partial charge in [-0.15, -0.1) is 10.2 Å². The van der Waals surface area contributed by atoms with Crippen molar-refractivity contribution in [3.05, 3.63) is 102 Å². The van der Waals surface area contributed by atoms with Crippen LogP contribution in [0.1, 0.15) is 17.2 Å². The van der Waals surface area contributed by atoms with E-state index in [1.165, 1.54) is 11.8 Å². The maximum atomic E-state index is 12.8. The van der Waals surface area contributed by atoms with E-state index < -0.39 is 0 Å². The van der Waals surface area contributed by atoms with Crippen LogP contribution in [0, 0.1) is 0 Å².